The van der Waals surface area contributed by atoms with E-state index in [0.717, 1.165) is 12.0 Å². The first-order chi connectivity index (χ1) is 12.1. The minimum atomic E-state index is -0.105. The van der Waals surface area contributed by atoms with Crippen molar-refractivity contribution in [1.82, 2.24) is 4.57 Å². The van der Waals surface area contributed by atoms with Crippen LogP contribution < -0.4 is 10.3 Å². The van der Waals surface area contributed by atoms with Gasteiger partial charge >= 0.3 is 0 Å². The number of hydrogen-bond acceptors (Lipinski definition) is 2. The Balaban J connectivity index is 1.85. The highest BCUT2D eigenvalue weighted by Gasteiger charge is 2.05. The average molecular weight is 382 g/mol. The molecule has 0 aliphatic rings. The maximum atomic E-state index is 12.2. The number of benzene rings is 1. The van der Waals surface area contributed by atoms with Crippen molar-refractivity contribution in [1.29, 1.82) is 0 Å². The second-order valence-electron chi connectivity index (χ2n) is 6.18. The molecule has 0 fully saturated rings. The van der Waals surface area contributed by atoms with E-state index in [1.54, 1.807) is 22.9 Å². The summed E-state index contributed by atoms with van der Waals surface area (Å²) in [6.07, 6.45) is 9.04. The van der Waals surface area contributed by atoms with Gasteiger partial charge in [0.15, 0.2) is 0 Å². The molecule has 5 heteroatoms. The van der Waals surface area contributed by atoms with Crippen LogP contribution in [0.15, 0.2) is 41.3 Å². The maximum absolute atomic E-state index is 12.2. The van der Waals surface area contributed by atoms with Crippen molar-refractivity contribution < 1.29 is 4.74 Å². The lowest BCUT2D eigenvalue weighted by Gasteiger charge is -2.10. The minimum absolute atomic E-state index is 0.105. The largest absolute Gasteiger partial charge is 0.493 e. The highest BCUT2D eigenvalue weighted by molar-refractivity contribution is 6.35. The number of pyridine rings is 1. The lowest BCUT2D eigenvalue weighted by Crippen LogP contribution is -2.19. The summed E-state index contributed by atoms with van der Waals surface area (Å²) in [4.78, 5) is 12.2. The van der Waals surface area contributed by atoms with E-state index in [0.29, 0.717) is 28.9 Å². The smallest absolute Gasteiger partial charge is 0.254 e. The van der Waals surface area contributed by atoms with Crippen LogP contribution in [0.1, 0.15) is 51.0 Å². The topological polar surface area (TPSA) is 31.2 Å². The van der Waals surface area contributed by atoms with E-state index in [-0.39, 0.29) is 5.56 Å². The van der Waals surface area contributed by atoms with E-state index in [4.69, 9.17) is 27.9 Å². The van der Waals surface area contributed by atoms with Crippen molar-refractivity contribution >= 4 is 23.2 Å². The first kappa shape index (κ1) is 19.9. The van der Waals surface area contributed by atoms with Crippen molar-refractivity contribution in [2.75, 3.05) is 6.61 Å². The summed E-state index contributed by atoms with van der Waals surface area (Å²) in [6, 6.07) is 8.64. The van der Waals surface area contributed by atoms with Gasteiger partial charge in [0.25, 0.3) is 5.56 Å². The number of ether oxygens (including phenoxy) is 1. The molecule has 0 saturated carbocycles. The van der Waals surface area contributed by atoms with Crippen molar-refractivity contribution in [3.63, 3.8) is 0 Å². The molecule has 0 aliphatic carbocycles. The zero-order valence-corrected chi connectivity index (χ0v) is 16.2. The number of halogens is 2. The summed E-state index contributed by atoms with van der Waals surface area (Å²) in [7, 11) is 0. The summed E-state index contributed by atoms with van der Waals surface area (Å²) in [6.45, 7) is 3.28. The number of unbranched alkanes of at least 4 members (excludes halogenated alkanes) is 5. The third-order valence-electron chi connectivity index (χ3n) is 4.09. The molecular formula is C20H25Cl2NO2. The van der Waals surface area contributed by atoms with Gasteiger partial charge in [-0.15, -0.1) is 0 Å². The SMILES string of the molecule is CCCCCCCCOc1ccn(Cc2ccc(Cl)cc2Cl)c(=O)c1. The normalized spacial score (nSPS) is 10.8. The van der Waals surface area contributed by atoms with Crippen molar-refractivity contribution in [2.24, 2.45) is 0 Å². The molecule has 0 spiro atoms. The van der Waals surface area contributed by atoms with Crippen molar-refractivity contribution in [2.45, 2.75) is 52.0 Å². The van der Waals surface area contributed by atoms with E-state index in [1.165, 1.54) is 38.2 Å². The lowest BCUT2D eigenvalue weighted by atomic mass is 10.1. The Hall–Kier alpha value is -1.45. The monoisotopic (exact) mass is 381 g/mol. The highest BCUT2D eigenvalue weighted by atomic mass is 35.5. The van der Waals surface area contributed by atoms with Gasteiger partial charge in [0.05, 0.1) is 13.2 Å². The first-order valence-corrected chi connectivity index (χ1v) is 9.63. The fraction of sp³-hybridized carbons (Fsp3) is 0.450. The van der Waals surface area contributed by atoms with Crippen LogP contribution in [0.3, 0.4) is 0 Å². The fourth-order valence-electron chi connectivity index (χ4n) is 2.62. The molecule has 0 atom stereocenters. The van der Waals surface area contributed by atoms with Crippen LogP contribution >= 0.6 is 23.2 Å². The van der Waals surface area contributed by atoms with E-state index >= 15 is 0 Å². The van der Waals surface area contributed by atoms with E-state index in [1.807, 2.05) is 12.1 Å². The van der Waals surface area contributed by atoms with Gasteiger partial charge in [0.1, 0.15) is 5.75 Å². The number of rotatable bonds is 10. The molecule has 1 aromatic heterocycles. The zero-order chi connectivity index (χ0) is 18.1. The summed E-state index contributed by atoms with van der Waals surface area (Å²) in [5, 5.41) is 1.14. The van der Waals surface area contributed by atoms with E-state index in [2.05, 4.69) is 6.92 Å². The Morgan fingerprint density at radius 2 is 1.76 bits per heavy atom. The van der Waals surface area contributed by atoms with Crippen LogP contribution in [0.25, 0.3) is 0 Å². The molecule has 0 N–H and O–H groups in total. The molecule has 1 aromatic carbocycles. The number of nitrogens with zero attached hydrogens (tertiary/aromatic N) is 1. The molecule has 3 nitrogen and oxygen atoms in total. The Kier molecular flexibility index (Phi) is 8.36. The van der Waals surface area contributed by atoms with Gasteiger partial charge < -0.3 is 9.30 Å². The molecule has 0 bridgehead atoms. The summed E-state index contributed by atoms with van der Waals surface area (Å²) >= 11 is 12.1. The van der Waals surface area contributed by atoms with Crippen LogP contribution in [0.5, 0.6) is 5.75 Å². The Morgan fingerprint density at radius 1 is 1.00 bits per heavy atom. The minimum Gasteiger partial charge on any atom is -0.493 e. The Morgan fingerprint density at radius 3 is 2.48 bits per heavy atom. The second kappa shape index (κ2) is 10.5. The van der Waals surface area contributed by atoms with Crippen LogP contribution in [-0.4, -0.2) is 11.2 Å². The third-order valence-corrected chi connectivity index (χ3v) is 4.68. The average Bonchev–Trinajstić information content (AvgIpc) is 2.58. The lowest BCUT2D eigenvalue weighted by molar-refractivity contribution is 0.303. The first-order valence-electron chi connectivity index (χ1n) is 8.87. The number of hydrogen-bond donors (Lipinski definition) is 0. The van der Waals surface area contributed by atoms with E-state index < -0.39 is 0 Å². The molecule has 2 aromatic rings. The summed E-state index contributed by atoms with van der Waals surface area (Å²) in [5.41, 5.74) is 0.750. The molecule has 136 valence electrons. The maximum Gasteiger partial charge on any atom is 0.254 e. The molecule has 2 rings (SSSR count). The molecule has 25 heavy (non-hydrogen) atoms. The third kappa shape index (κ3) is 6.75. The van der Waals surface area contributed by atoms with Crippen molar-refractivity contribution in [3.8, 4) is 5.75 Å². The standard InChI is InChI=1S/C20H25Cl2NO2/c1-2-3-4-5-6-7-12-25-18-10-11-23(20(24)14-18)15-16-8-9-17(21)13-19(16)22/h8-11,13-14H,2-7,12,15H2,1H3. The van der Waals surface area contributed by atoms with Crippen molar-refractivity contribution in [3.05, 3.63) is 62.5 Å². The predicted octanol–water partition coefficient (Wildman–Crippen LogP) is 5.94. The number of aromatic nitrogens is 1. The molecule has 0 aliphatic heterocycles. The van der Waals surface area contributed by atoms with Gasteiger partial charge in [0, 0.05) is 22.3 Å². The van der Waals surface area contributed by atoms with Crippen LogP contribution in [0, 0.1) is 0 Å². The molecule has 0 amide bonds. The second-order valence-corrected chi connectivity index (χ2v) is 7.02. The highest BCUT2D eigenvalue weighted by Crippen LogP contribution is 2.21. The predicted molar refractivity (Wildman–Crippen MR) is 105 cm³/mol. The van der Waals surface area contributed by atoms with Gasteiger partial charge in [-0.3, -0.25) is 4.79 Å². The Bertz CT molecular complexity index is 728. The zero-order valence-electron chi connectivity index (χ0n) is 14.6. The van der Waals surface area contributed by atoms with Crippen LogP contribution in [0.2, 0.25) is 10.0 Å². The quantitative estimate of drug-likeness (QED) is 0.476. The molecule has 0 radical (unpaired) electrons. The van der Waals surface area contributed by atoms with Gasteiger partial charge in [-0.05, 0) is 30.2 Å². The van der Waals surface area contributed by atoms with Crippen LogP contribution in [0.4, 0.5) is 0 Å². The van der Waals surface area contributed by atoms with Gasteiger partial charge in [-0.2, -0.15) is 0 Å². The van der Waals surface area contributed by atoms with Gasteiger partial charge in [-0.25, -0.2) is 0 Å². The molecule has 0 saturated heterocycles. The van der Waals surface area contributed by atoms with Gasteiger partial charge in [-0.1, -0.05) is 68.3 Å². The molecule has 1 heterocycles. The summed E-state index contributed by atoms with van der Waals surface area (Å²) < 4.78 is 7.29. The van der Waals surface area contributed by atoms with Crippen LogP contribution in [-0.2, 0) is 6.54 Å². The Labute approximate surface area is 159 Å². The van der Waals surface area contributed by atoms with Gasteiger partial charge in [0.2, 0.25) is 0 Å². The fourth-order valence-corrected chi connectivity index (χ4v) is 3.08. The summed E-state index contributed by atoms with van der Waals surface area (Å²) in [5.74, 6) is 0.622. The van der Waals surface area contributed by atoms with E-state index in [9.17, 15) is 4.79 Å². The molecule has 0 unspecified atom stereocenters. The molecular weight excluding hydrogens is 357 g/mol.